The number of rotatable bonds is 11. The smallest absolute Gasteiger partial charge is 0.326 e. The molecule has 0 saturated carbocycles. The molecule has 0 spiro atoms. The number of carboxylic acid groups (broad SMARTS) is 1. The van der Waals surface area contributed by atoms with Crippen LogP contribution in [0.3, 0.4) is 0 Å². The van der Waals surface area contributed by atoms with E-state index in [1.54, 1.807) is 24.3 Å². The third-order valence-electron chi connectivity index (χ3n) is 4.50. The lowest BCUT2D eigenvalue weighted by Crippen LogP contribution is -2.42. The summed E-state index contributed by atoms with van der Waals surface area (Å²) in [6.45, 7) is 1.84. The van der Waals surface area contributed by atoms with Gasteiger partial charge in [-0.1, -0.05) is 60.7 Å². The van der Waals surface area contributed by atoms with Crippen molar-refractivity contribution < 1.29 is 29.0 Å². The summed E-state index contributed by atoms with van der Waals surface area (Å²) in [6, 6.07) is 16.7. The van der Waals surface area contributed by atoms with Crippen molar-refractivity contribution in [2.24, 2.45) is 0 Å². The van der Waals surface area contributed by atoms with Gasteiger partial charge in [-0.3, -0.25) is 14.4 Å². The second-order valence-electron chi connectivity index (χ2n) is 7.01. The van der Waals surface area contributed by atoms with E-state index < -0.39 is 30.3 Å². The molecule has 3 N–H and O–H groups in total. The molecule has 2 rings (SSSR count). The topological polar surface area (TPSA) is 122 Å². The summed E-state index contributed by atoms with van der Waals surface area (Å²) in [5.41, 5.74) is 1.70. The summed E-state index contributed by atoms with van der Waals surface area (Å²) in [7, 11) is 0. The third kappa shape index (κ3) is 8.69. The highest BCUT2D eigenvalue weighted by molar-refractivity contribution is 5.89. The molecule has 0 bridgehead atoms. The van der Waals surface area contributed by atoms with Gasteiger partial charge in [-0.25, -0.2) is 4.79 Å². The first-order valence-electron chi connectivity index (χ1n) is 9.91. The van der Waals surface area contributed by atoms with Gasteiger partial charge < -0.3 is 20.5 Å². The lowest BCUT2D eigenvalue weighted by atomic mass is 10.1. The largest absolute Gasteiger partial charge is 0.480 e. The number of hydrogen-bond donors (Lipinski definition) is 3. The van der Waals surface area contributed by atoms with Crippen LogP contribution in [0.2, 0.25) is 0 Å². The Morgan fingerprint density at radius 2 is 1.42 bits per heavy atom. The number of aliphatic carboxylic acids is 1. The Bertz CT molecular complexity index is 885. The molecular weight excluding hydrogens is 400 g/mol. The minimum Gasteiger partial charge on any atom is -0.480 e. The van der Waals surface area contributed by atoms with Crippen LogP contribution in [0.25, 0.3) is 0 Å². The van der Waals surface area contributed by atoms with Gasteiger partial charge in [-0.15, -0.1) is 0 Å². The molecule has 0 aliphatic rings. The minimum absolute atomic E-state index is 0.0136. The Labute approximate surface area is 180 Å². The van der Waals surface area contributed by atoms with Crippen LogP contribution in [0.5, 0.6) is 0 Å². The molecule has 2 aromatic rings. The van der Waals surface area contributed by atoms with Crippen molar-refractivity contribution in [2.75, 3.05) is 0 Å². The van der Waals surface area contributed by atoms with Gasteiger partial charge in [0.15, 0.2) is 0 Å². The molecule has 8 nitrogen and oxygen atoms in total. The molecule has 31 heavy (non-hydrogen) atoms. The van der Waals surface area contributed by atoms with Crippen molar-refractivity contribution in [2.45, 2.75) is 44.9 Å². The lowest BCUT2D eigenvalue weighted by Gasteiger charge is -2.16. The molecular formula is C23H26N2O6. The van der Waals surface area contributed by atoms with Crippen LogP contribution < -0.4 is 10.6 Å². The first kappa shape index (κ1) is 23.6. The van der Waals surface area contributed by atoms with Crippen molar-refractivity contribution in [3.05, 3.63) is 71.8 Å². The molecule has 2 aromatic carbocycles. The van der Waals surface area contributed by atoms with Crippen LogP contribution >= 0.6 is 0 Å². The highest BCUT2D eigenvalue weighted by atomic mass is 16.5. The van der Waals surface area contributed by atoms with E-state index in [9.17, 15) is 24.3 Å². The maximum atomic E-state index is 12.1. The van der Waals surface area contributed by atoms with Crippen molar-refractivity contribution in [1.29, 1.82) is 0 Å². The average molecular weight is 426 g/mol. The fraction of sp³-hybridized carbons (Fsp3) is 0.304. The molecule has 0 aliphatic heterocycles. The van der Waals surface area contributed by atoms with Gasteiger partial charge in [0.2, 0.25) is 11.8 Å². The standard InChI is InChI=1S/C23H26N2O6/c1-16(18-10-6-3-7-11-18)24-20(26)12-13-21(27)25-19(23(29)30)14-22(28)31-15-17-8-4-2-5-9-17/h2-11,16,19H,12-15H2,1H3,(H,24,26)(H,25,27)(H,29,30)/t16-,19+/m1/s1. The number of carbonyl (C=O) groups is 4. The van der Waals surface area contributed by atoms with Crippen molar-refractivity contribution in [3.8, 4) is 0 Å². The quantitative estimate of drug-likeness (QED) is 0.474. The summed E-state index contributed by atoms with van der Waals surface area (Å²) < 4.78 is 5.06. The number of hydrogen-bond acceptors (Lipinski definition) is 5. The zero-order valence-corrected chi connectivity index (χ0v) is 17.2. The summed E-state index contributed by atoms with van der Waals surface area (Å²) in [6.07, 6.45) is -0.810. The number of carboxylic acids is 1. The van der Waals surface area contributed by atoms with Gasteiger partial charge >= 0.3 is 11.9 Å². The third-order valence-corrected chi connectivity index (χ3v) is 4.50. The van der Waals surface area contributed by atoms with Crippen LogP contribution in [0.15, 0.2) is 60.7 Å². The van der Waals surface area contributed by atoms with Crippen LogP contribution in [-0.4, -0.2) is 34.9 Å². The van der Waals surface area contributed by atoms with E-state index in [2.05, 4.69) is 10.6 Å². The number of carbonyl (C=O) groups excluding carboxylic acids is 3. The summed E-state index contributed by atoms with van der Waals surface area (Å²) in [5.74, 6) is -3.07. The summed E-state index contributed by atoms with van der Waals surface area (Å²) in [4.78, 5) is 47.5. The number of amides is 2. The number of benzene rings is 2. The highest BCUT2D eigenvalue weighted by Gasteiger charge is 2.24. The molecule has 0 saturated heterocycles. The molecule has 2 amide bonds. The van der Waals surface area contributed by atoms with Gasteiger partial charge in [0, 0.05) is 12.8 Å². The lowest BCUT2D eigenvalue weighted by molar-refractivity contribution is -0.151. The predicted octanol–water partition coefficient (Wildman–Crippen LogP) is 2.35. The summed E-state index contributed by atoms with van der Waals surface area (Å²) in [5, 5.41) is 14.3. The van der Waals surface area contributed by atoms with Gasteiger partial charge in [0.25, 0.3) is 0 Å². The Morgan fingerprint density at radius 3 is 2.00 bits per heavy atom. The fourth-order valence-corrected chi connectivity index (χ4v) is 2.80. The van der Waals surface area contributed by atoms with Crippen LogP contribution in [-0.2, 0) is 30.5 Å². The first-order valence-corrected chi connectivity index (χ1v) is 9.91. The molecule has 0 aromatic heterocycles. The van der Waals surface area contributed by atoms with Crippen LogP contribution in [0, 0.1) is 0 Å². The average Bonchev–Trinajstić information content (AvgIpc) is 2.77. The van der Waals surface area contributed by atoms with Gasteiger partial charge in [0.1, 0.15) is 12.6 Å². The second kappa shape index (κ2) is 12.1. The van der Waals surface area contributed by atoms with E-state index in [0.717, 1.165) is 11.1 Å². The van der Waals surface area contributed by atoms with Crippen molar-refractivity contribution >= 4 is 23.8 Å². The molecule has 0 fully saturated rings. The second-order valence-corrected chi connectivity index (χ2v) is 7.01. The monoisotopic (exact) mass is 426 g/mol. The van der Waals surface area contributed by atoms with Crippen LogP contribution in [0.4, 0.5) is 0 Å². The molecule has 2 atom stereocenters. The number of ether oxygens (including phenoxy) is 1. The number of nitrogens with one attached hydrogen (secondary N) is 2. The first-order chi connectivity index (χ1) is 14.8. The van der Waals surface area contributed by atoms with E-state index in [4.69, 9.17) is 4.74 Å². The molecule has 0 radical (unpaired) electrons. The van der Waals surface area contributed by atoms with Gasteiger partial charge in [-0.2, -0.15) is 0 Å². The molecule has 8 heteroatoms. The Morgan fingerprint density at radius 1 is 0.871 bits per heavy atom. The SMILES string of the molecule is C[C@@H](NC(=O)CCC(=O)N[C@@H](CC(=O)OCc1ccccc1)C(=O)O)c1ccccc1. The normalized spacial score (nSPS) is 12.3. The Balaban J connectivity index is 1.75. The molecule has 0 unspecified atom stereocenters. The minimum atomic E-state index is -1.43. The predicted molar refractivity (Wildman–Crippen MR) is 113 cm³/mol. The highest BCUT2D eigenvalue weighted by Crippen LogP contribution is 2.11. The van der Waals surface area contributed by atoms with E-state index in [1.165, 1.54) is 0 Å². The summed E-state index contributed by atoms with van der Waals surface area (Å²) >= 11 is 0. The molecule has 164 valence electrons. The van der Waals surface area contributed by atoms with E-state index in [1.807, 2.05) is 43.3 Å². The zero-order valence-electron chi connectivity index (χ0n) is 17.2. The van der Waals surface area contributed by atoms with E-state index in [-0.39, 0.29) is 31.4 Å². The van der Waals surface area contributed by atoms with Crippen molar-refractivity contribution in [1.82, 2.24) is 10.6 Å². The molecule has 0 heterocycles. The Kier molecular flexibility index (Phi) is 9.22. The molecule has 0 aliphatic carbocycles. The van der Waals surface area contributed by atoms with E-state index in [0.29, 0.717) is 0 Å². The maximum Gasteiger partial charge on any atom is 0.326 e. The van der Waals surface area contributed by atoms with Crippen molar-refractivity contribution in [3.63, 3.8) is 0 Å². The maximum absolute atomic E-state index is 12.1. The fourth-order valence-electron chi connectivity index (χ4n) is 2.80. The Hall–Kier alpha value is -3.68. The zero-order chi connectivity index (χ0) is 22.6. The number of esters is 1. The van der Waals surface area contributed by atoms with Gasteiger partial charge in [-0.05, 0) is 18.1 Å². The van der Waals surface area contributed by atoms with Gasteiger partial charge in [0.05, 0.1) is 12.5 Å². The van der Waals surface area contributed by atoms with Crippen LogP contribution in [0.1, 0.15) is 43.4 Å². The van der Waals surface area contributed by atoms with E-state index >= 15 is 0 Å².